The molecule has 1 aromatic heterocycles. The number of aromatic nitrogens is 1. The van der Waals surface area contributed by atoms with Crippen LogP contribution in [0.25, 0.3) is 6.08 Å². The van der Waals surface area contributed by atoms with Crippen LogP contribution in [0.4, 0.5) is 9.52 Å². The quantitative estimate of drug-likeness (QED) is 0.797. The molecule has 1 saturated heterocycles. The normalized spacial score (nSPS) is 20.3. The number of carbonyl (C=O) groups is 1. The second-order valence-corrected chi connectivity index (χ2v) is 8.29. The molecular formula is C13H17BBrFN2O3S. The number of anilines is 1. The van der Waals surface area contributed by atoms with E-state index >= 15 is 0 Å². The topological polar surface area (TPSA) is 60.5 Å². The maximum atomic E-state index is 14.4. The molecule has 120 valence electrons. The SMILES string of the molecule is CC(=O)Nc1nc(C=C(F)B2OC(C)(C)C(C)(C)O2)c(Br)s1. The number of nitrogens with one attached hydrogen (secondary N) is 1. The maximum Gasteiger partial charge on any atom is 0.525 e. The van der Waals surface area contributed by atoms with Crippen LogP contribution in [-0.4, -0.2) is 29.2 Å². The molecule has 2 rings (SSSR count). The van der Waals surface area contributed by atoms with Gasteiger partial charge >= 0.3 is 7.12 Å². The van der Waals surface area contributed by atoms with E-state index in [1.54, 1.807) is 0 Å². The number of rotatable bonds is 3. The Hall–Kier alpha value is -0.765. The first kappa shape index (κ1) is 17.6. The molecule has 0 unspecified atom stereocenters. The largest absolute Gasteiger partial charge is 0.525 e. The van der Waals surface area contributed by atoms with Crippen LogP contribution in [0.2, 0.25) is 0 Å². The van der Waals surface area contributed by atoms with Gasteiger partial charge in [0.05, 0.1) is 20.7 Å². The number of carbonyl (C=O) groups excluding carboxylic acids is 1. The minimum atomic E-state index is -1.07. The molecule has 1 aliphatic rings. The Balaban J connectivity index is 2.20. The van der Waals surface area contributed by atoms with Gasteiger partial charge in [0.15, 0.2) is 5.13 Å². The second kappa shape index (κ2) is 6.03. The lowest BCUT2D eigenvalue weighted by molar-refractivity contribution is -0.114. The first-order valence-electron chi connectivity index (χ1n) is 6.68. The van der Waals surface area contributed by atoms with Gasteiger partial charge in [0, 0.05) is 6.92 Å². The summed E-state index contributed by atoms with van der Waals surface area (Å²) in [5.41, 5.74) is -1.41. The summed E-state index contributed by atoms with van der Waals surface area (Å²) in [6.07, 6.45) is 1.24. The monoisotopic (exact) mass is 390 g/mol. The Kier molecular flexibility index (Phi) is 4.82. The molecule has 5 nitrogen and oxygen atoms in total. The van der Waals surface area contributed by atoms with Gasteiger partial charge in [-0.1, -0.05) is 11.3 Å². The van der Waals surface area contributed by atoms with Gasteiger partial charge < -0.3 is 14.6 Å². The molecule has 2 heterocycles. The fourth-order valence-corrected chi connectivity index (χ4v) is 3.14. The second-order valence-electron chi connectivity index (χ2n) is 5.98. The molecule has 1 amide bonds. The third-order valence-corrected chi connectivity index (χ3v) is 5.31. The van der Waals surface area contributed by atoms with E-state index in [1.165, 1.54) is 24.3 Å². The summed E-state index contributed by atoms with van der Waals surface area (Å²) in [6.45, 7) is 8.81. The molecule has 0 aliphatic carbocycles. The van der Waals surface area contributed by atoms with Crippen LogP contribution in [0.15, 0.2) is 9.51 Å². The van der Waals surface area contributed by atoms with Crippen molar-refractivity contribution in [2.24, 2.45) is 0 Å². The van der Waals surface area contributed by atoms with Crippen molar-refractivity contribution in [3.63, 3.8) is 0 Å². The number of hydrogen-bond acceptors (Lipinski definition) is 5. The average Bonchev–Trinajstić information content (AvgIpc) is 2.76. The standard InChI is InChI=1S/C13H17BBrFN2O3S/c1-7(19)17-11-18-8(10(15)22-11)6-9(16)14-20-12(2,3)13(4,5)21-14/h6H,1-5H3,(H,17,18,19). The number of thiazole rings is 1. The van der Waals surface area contributed by atoms with Crippen LogP contribution in [0.3, 0.4) is 0 Å². The first-order chi connectivity index (χ1) is 10.0. The van der Waals surface area contributed by atoms with E-state index in [1.807, 2.05) is 27.7 Å². The zero-order chi connectivity index (χ0) is 16.7. The van der Waals surface area contributed by atoms with Crippen LogP contribution in [-0.2, 0) is 14.1 Å². The molecule has 0 radical (unpaired) electrons. The van der Waals surface area contributed by atoms with E-state index in [9.17, 15) is 9.18 Å². The lowest BCUT2D eigenvalue weighted by atomic mass is 9.87. The van der Waals surface area contributed by atoms with Gasteiger partial charge in [-0.05, 0) is 49.7 Å². The van der Waals surface area contributed by atoms with E-state index in [2.05, 4.69) is 26.2 Å². The van der Waals surface area contributed by atoms with Crippen LogP contribution in [0.1, 0.15) is 40.3 Å². The highest BCUT2D eigenvalue weighted by Crippen LogP contribution is 2.39. The highest BCUT2D eigenvalue weighted by atomic mass is 79.9. The van der Waals surface area contributed by atoms with Crippen molar-refractivity contribution in [2.75, 3.05) is 5.32 Å². The van der Waals surface area contributed by atoms with Gasteiger partial charge in [0.2, 0.25) is 5.91 Å². The molecule has 1 fully saturated rings. The van der Waals surface area contributed by atoms with Crippen LogP contribution >= 0.6 is 27.3 Å². The molecule has 0 bridgehead atoms. The van der Waals surface area contributed by atoms with Crippen molar-refractivity contribution in [1.29, 1.82) is 0 Å². The minimum absolute atomic E-state index is 0.233. The predicted octanol–water partition coefficient (Wildman–Crippen LogP) is 3.81. The van der Waals surface area contributed by atoms with Crippen molar-refractivity contribution >= 4 is 51.5 Å². The molecule has 22 heavy (non-hydrogen) atoms. The summed E-state index contributed by atoms with van der Waals surface area (Å²) < 4.78 is 26.3. The summed E-state index contributed by atoms with van der Waals surface area (Å²) in [4.78, 5) is 15.2. The molecule has 1 aromatic rings. The van der Waals surface area contributed by atoms with Crippen LogP contribution in [0, 0.1) is 0 Å². The molecule has 1 aliphatic heterocycles. The summed E-state index contributed by atoms with van der Waals surface area (Å²) in [7, 11) is -1.07. The summed E-state index contributed by atoms with van der Waals surface area (Å²) in [5, 5.41) is 2.95. The number of halogens is 2. The first-order valence-corrected chi connectivity index (χ1v) is 8.29. The lowest BCUT2D eigenvalue weighted by Gasteiger charge is -2.32. The van der Waals surface area contributed by atoms with Crippen molar-refractivity contribution < 1.29 is 18.5 Å². The van der Waals surface area contributed by atoms with E-state index in [0.29, 0.717) is 14.6 Å². The van der Waals surface area contributed by atoms with Crippen molar-refractivity contribution in [3.05, 3.63) is 15.2 Å². The molecule has 0 atom stereocenters. The zero-order valence-electron chi connectivity index (χ0n) is 13.0. The highest BCUT2D eigenvalue weighted by Gasteiger charge is 2.53. The van der Waals surface area contributed by atoms with Gasteiger partial charge in [0.1, 0.15) is 5.73 Å². The van der Waals surface area contributed by atoms with E-state index in [-0.39, 0.29) is 5.91 Å². The van der Waals surface area contributed by atoms with Gasteiger partial charge in [-0.3, -0.25) is 4.79 Å². The Morgan fingerprint density at radius 1 is 1.36 bits per heavy atom. The molecule has 0 saturated carbocycles. The van der Waals surface area contributed by atoms with Gasteiger partial charge in [0.25, 0.3) is 0 Å². The smallest absolute Gasteiger partial charge is 0.398 e. The summed E-state index contributed by atoms with van der Waals surface area (Å²) >= 11 is 4.51. The van der Waals surface area contributed by atoms with E-state index < -0.39 is 24.0 Å². The lowest BCUT2D eigenvalue weighted by Crippen LogP contribution is -2.41. The van der Waals surface area contributed by atoms with Crippen molar-refractivity contribution in [1.82, 2.24) is 4.98 Å². The molecule has 0 spiro atoms. The predicted molar refractivity (Wildman–Crippen MR) is 89.3 cm³/mol. The maximum absolute atomic E-state index is 14.4. The Bertz CT molecular complexity index is 617. The van der Waals surface area contributed by atoms with Gasteiger partial charge in [-0.15, -0.1) is 0 Å². The van der Waals surface area contributed by atoms with E-state index in [0.717, 1.165) is 0 Å². The summed E-state index contributed by atoms with van der Waals surface area (Å²) in [5.74, 6) is -0.233. The third kappa shape index (κ3) is 3.59. The number of nitrogens with zero attached hydrogens (tertiary/aromatic N) is 1. The fraction of sp³-hybridized carbons (Fsp3) is 0.538. The zero-order valence-corrected chi connectivity index (χ0v) is 15.4. The number of hydrogen-bond donors (Lipinski definition) is 1. The fourth-order valence-electron chi connectivity index (χ4n) is 1.76. The summed E-state index contributed by atoms with van der Waals surface area (Å²) in [6, 6.07) is 0. The third-order valence-electron chi connectivity index (χ3n) is 3.65. The van der Waals surface area contributed by atoms with Crippen LogP contribution in [0.5, 0.6) is 0 Å². The van der Waals surface area contributed by atoms with Crippen LogP contribution < -0.4 is 5.32 Å². The minimum Gasteiger partial charge on any atom is -0.398 e. The van der Waals surface area contributed by atoms with Crippen molar-refractivity contribution in [2.45, 2.75) is 45.8 Å². The van der Waals surface area contributed by atoms with Crippen molar-refractivity contribution in [3.8, 4) is 0 Å². The molecule has 0 aromatic carbocycles. The Morgan fingerprint density at radius 2 is 1.91 bits per heavy atom. The highest BCUT2D eigenvalue weighted by molar-refractivity contribution is 9.11. The Labute approximate surface area is 141 Å². The average molecular weight is 391 g/mol. The Morgan fingerprint density at radius 3 is 2.41 bits per heavy atom. The van der Waals surface area contributed by atoms with Gasteiger partial charge in [-0.2, -0.15) is 0 Å². The number of amides is 1. The molecule has 1 N–H and O–H groups in total. The van der Waals surface area contributed by atoms with Gasteiger partial charge in [-0.25, -0.2) is 9.37 Å². The van der Waals surface area contributed by atoms with E-state index in [4.69, 9.17) is 9.31 Å². The molecule has 9 heteroatoms. The molecular weight excluding hydrogens is 374 g/mol.